The van der Waals surface area contributed by atoms with Crippen molar-refractivity contribution in [1.29, 1.82) is 0 Å². The molecule has 0 N–H and O–H groups in total. The highest BCUT2D eigenvalue weighted by Crippen LogP contribution is 2.37. The summed E-state index contributed by atoms with van der Waals surface area (Å²) in [5.74, 6) is 2.86. The first-order chi connectivity index (χ1) is 11.7. The number of likely N-dealkylation sites (tertiary alicyclic amines) is 1. The summed E-state index contributed by atoms with van der Waals surface area (Å²) in [6.07, 6.45) is 6.73. The molecule has 2 aliphatic heterocycles. The van der Waals surface area contributed by atoms with Gasteiger partial charge in [-0.15, -0.1) is 0 Å². The molecule has 2 saturated heterocycles. The number of ether oxygens (including phenoxy) is 2. The van der Waals surface area contributed by atoms with Crippen molar-refractivity contribution in [2.45, 2.75) is 44.4 Å². The van der Waals surface area contributed by atoms with E-state index in [1.54, 1.807) is 12.4 Å². The molecule has 0 aliphatic carbocycles. The number of hydrogen-bond donors (Lipinski definition) is 0. The van der Waals surface area contributed by atoms with Crippen molar-refractivity contribution in [3.8, 4) is 5.75 Å². The lowest BCUT2D eigenvalue weighted by atomic mass is 9.88. The van der Waals surface area contributed by atoms with E-state index in [1.807, 2.05) is 25.1 Å². The minimum Gasteiger partial charge on any atom is -0.486 e. The van der Waals surface area contributed by atoms with Gasteiger partial charge in [0.25, 0.3) is 0 Å². The van der Waals surface area contributed by atoms with Gasteiger partial charge in [-0.05, 0) is 44.0 Å². The molecule has 0 aromatic carbocycles. The molecule has 0 amide bonds. The molecular weight excluding hydrogens is 304 g/mol. The number of furan rings is 1. The molecule has 128 valence electrons. The normalized spacial score (nSPS) is 23.6. The van der Waals surface area contributed by atoms with Gasteiger partial charge in [-0.1, -0.05) is 0 Å². The molecule has 1 unspecified atom stereocenters. The van der Waals surface area contributed by atoms with E-state index in [0.29, 0.717) is 6.61 Å². The van der Waals surface area contributed by atoms with Crippen LogP contribution in [0.5, 0.6) is 5.75 Å². The quantitative estimate of drug-likeness (QED) is 0.863. The van der Waals surface area contributed by atoms with Crippen LogP contribution in [-0.4, -0.2) is 41.3 Å². The Labute approximate surface area is 142 Å². The minimum absolute atomic E-state index is 0.0115. The minimum atomic E-state index is -0.0115. The van der Waals surface area contributed by atoms with E-state index in [4.69, 9.17) is 13.9 Å². The molecule has 2 aromatic rings. The first-order valence-corrected chi connectivity index (χ1v) is 8.69. The maximum absolute atomic E-state index is 6.17. The molecule has 2 aromatic heterocycles. The number of pyridine rings is 1. The molecule has 2 fully saturated rings. The lowest BCUT2D eigenvalue weighted by molar-refractivity contribution is -0.0463. The van der Waals surface area contributed by atoms with Gasteiger partial charge >= 0.3 is 0 Å². The molecule has 0 saturated carbocycles. The third-order valence-electron chi connectivity index (χ3n) is 5.05. The zero-order chi connectivity index (χ0) is 16.4. The number of hydrogen-bond acceptors (Lipinski definition) is 5. The number of aryl methyl sites for hydroxylation is 1. The van der Waals surface area contributed by atoms with Gasteiger partial charge in [-0.3, -0.25) is 9.88 Å². The predicted molar refractivity (Wildman–Crippen MR) is 89.9 cm³/mol. The van der Waals surface area contributed by atoms with Crippen LogP contribution in [-0.2, 0) is 11.3 Å². The second-order valence-electron chi connectivity index (χ2n) is 6.92. The van der Waals surface area contributed by atoms with Crippen LogP contribution in [0.15, 0.2) is 41.1 Å². The van der Waals surface area contributed by atoms with Gasteiger partial charge in [0.2, 0.25) is 0 Å². The molecule has 5 heteroatoms. The van der Waals surface area contributed by atoms with Crippen molar-refractivity contribution >= 4 is 0 Å². The number of aromatic nitrogens is 1. The van der Waals surface area contributed by atoms with Crippen LogP contribution in [0.4, 0.5) is 0 Å². The van der Waals surface area contributed by atoms with Crippen LogP contribution >= 0.6 is 0 Å². The van der Waals surface area contributed by atoms with Crippen molar-refractivity contribution in [2.24, 2.45) is 0 Å². The molecule has 5 nitrogen and oxygen atoms in total. The SMILES string of the molecule is Cc1ccc(CN2CCC3(CC2)CC(Oc2cccnc2)CO3)o1. The number of nitrogens with zero attached hydrogens (tertiary/aromatic N) is 2. The van der Waals surface area contributed by atoms with Crippen LogP contribution in [0.2, 0.25) is 0 Å². The average molecular weight is 328 g/mol. The largest absolute Gasteiger partial charge is 0.486 e. The highest BCUT2D eigenvalue weighted by Gasteiger charge is 2.43. The van der Waals surface area contributed by atoms with Crippen molar-refractivity contribution in [3.63, 3.8) is 0 Å². The third-order valence-corrected chi connectivity index (χ3v) is 5.05. The summed E-state index contributed by atoms with van der Waals surface area (Å²) in [6, 6.07) is 7.95. The third kappa shape index (κ3) is 3.47. The number of piperidine rings is 1. The summed E-state index contributed by atoms with van der Waals surface area (Å²) in [7, 11) is 0. The molecule has 0 radical (unpaired) electrons. The van der Waals surface area contributed by atoms with Crippen LogP contribution in [0.3, 0.4) is 0 Å². The van der Waals surface area contributed by atoms with Crippen LogP contribution in [0.25, 0.3) is 0 Å². The predicted octanol–water partition coefficient (Wildman–Crippen LogP) is 3.19. The molecule has 4 rings (SSSR count). The Bertz CT molecular complexity index is 662. The average Bonchev–Trinajstić information content (AvgIpc) is 3.18. The molecule has 2 aliphatic rings. The maximum atomic E-state index is 6.17. The van der Waals surface area contributed by atoms with Gasteiger partial charge in [0.05, 0.1) is 24.9 Å². The first kappa shape index (κ1) is 15.7. The number of rotatable bonds is 4. The Morgan fingerprint density at radius 3 is 2.88 bits per heavy atom. The van der Waals surface area contributed by atoms with E-state index in [0.717, 1.165) is 56.2 Å². The van der Waals surface area contributed by atoms with Gasteiger partial charge in [0, 0.05) is 25.7 Å². The molecule has 1 atom stereocenters. The van der Waals surface area contributed by atoms with Gasteiger partial charge < -0.3 is 13.9 Å². The smallest absolute Gasteiger partial charge is 0.138 e. The summed E-state index contributed by atoms with van der Waals surface area (Å²) < 4.78 is 17.9. The Balaban J connectivity index is 1.29. The van der Waals surface area contributed by atoms with Crippen LogP contribution in [0.1, 0.15) is 30.8 Å². The standard InChI is InChI=1S/C19H24N2O3/c1-15-4-5-17(23-15)13-21-9-6-19(7-10-21)11-18(14-22-19)24-16-3-2-8-20-12-16/h2-5,8,12,18H,6-7,9-11,13-14H2,1H3. The second-order valence-corrected chi connectivity index (χ2v) is 6.92. The summed E-state index contributed by atoms with van der Waals surface area (Å²) in [6.45, 7) is 5.63. The topological polar surface area (TPSA) is 47.7 Å². The molecule has 1 spiro atoms. The Morgan fingerprint density at radius 1 is 1.29 bits per heavy atom. The van der Waals surface area contributed by atoms with Crippen molar-refractivity contribution < 1.29 is 13.9 Å². The highest BCUT2D eigenvalue weighted by atomic mass is 16.6. The van der Waals surface area contributed by atoms with Gasteiger partial charge in [0.1, 0.15) is 23.4 Å². The van der Waals surface area contributed by atoms with Gasteiger partial charge in [-0.2, -0.15) is 0 Å². The van der Waals surface area contributed by atoms with E-state index in [-0.39, 0.29) is 11.7 Å². The van der Waals surface area contributed by atoms with Crippen molar-refractivity contribution in [1.82, 2.24) is 9.88 Å². The molecular formula is C19H24N2O3. The van der Waals surface area contributed by atoms with E-state index in [1.165, 1.54) is 0 Å². The van der Waals surface area contributed by atoms with Crippen molar-refractivity contribution in [2.75, 3.05) is 19.7 Å². The summed E-state index contributed by atoms with van der Waals surface area (Å²) in [5.41, 5.74) is -0.0115. The fourth-order valence-corrected chi connectivity index (χ4v) is 3.75. The monoisotopic (exact) mass is 328 g/mol. The highest BCUT2D eigenvalue weighted by molar-refractivity contribution is 5.16. The maximum Gasteiger partial charge on any atom is 0.138 e. The Morgan fingerprint density at radius 2 is 2.17 bits per heavy atom. The van der Waals surface area contributed by atoms with E-state index < -0.39 is 0 Å². The van der Waals surface area contributed by atoms with Gasteiger partial charge in [-0.25, -0.2) is 0 Å². The zero-order valence-electron chi connectivity index (χ0n) is 14.1. The lowest BCUT2D eigenvalue weighted by Crippen LogP contribution is -2.44. The fraction of sp³-hybridized carbons (Fsp3) is 0.526. The van der Waals surface area contributed by atoms with Crippen molar-refractivity contribution in [3.05, 3.63) is 48.2 Å². The summed E-state index contributed by atoms with van der Waals surface area (Å²) in [5, 5.41) is 0. The Kier molecular flexibility index (Phi) is 4.29. The van der Waals surface area contributed by atoms with E-state index in [2.05, 4.69) is 16.0 Å². The van der Waals surface area contributed by atoms with E-state index >= 15 is 0 Å². The summed E-state index contributed by atoms with van der Waals surface area (Å²) >= 11 is 0. The molecule has 0 bridgehead atoms. The van der Waals surface area contributed by atoms with Crippen LogP contribution < -0.4 is 4.74 Å². The fourth-order valence-electron chi connectivity index (χ4n) is 3.75. The zero-order valence-corrected chi connectivity index (χ0v) is 14.1. The first-order valence-electron chi connectivity index (χ1n) is 8.69. The van der Waals surface area contributed by atoms with Crippen LogP contribution in [0, 0.1) is 6.92 Å². The lowest BCUT2D eigenvalue weighted by Gasteiger charge is -2.38. The van der Waals surface area contributed by atoms with Gasteiger partial charge in [0.15, 0.2) is 0 Å². The second kappa shape index (κ2) is 6.57. The summed E-state index contributed by atoms with van der Waals surface area (Å²) in [4.78, 5) is 6.55. The van der Waals surface area contributed by atoms with E-state index in [9.17, 15) is 0 Å². The molecule has 4 heterocycles. The Hall–Kier alpha value is -1.85. The molecule has 24 heavy (non-hydrogen) atoms.